The van der Waals surface area contributed by atoms with Gasteiger partial charge in [-0.3, -0.25) is 0 Å². The molecule has 8 rings (SSSR count). The van der Waals surface area contributed by atoms with Gasteiger partial charge in [0.05, 0.1) is 31.0 Å². The summed E-state index contributed by atoms with van der Waals surface area (Å²) in [5.74, 6) is 0.725. The highest BCUT2D eigenvalue weighted by Gasteiger charge is 2.68. The van der Waals surface area contributed by atoms with Crippen LogP contribution in [0, 0.1) is 34.5 Å². The molecular formula is C42H66O18. The zero-order valence-electron chi connectivity index (χ0n) is 34.8. The maximum atomic E-state index is 12.6. The molecule has 18 nitrogen and oxygen atoms in total. The Hall–Kier alpha value is -1.43. The summed E-state index contributed by atoms with van der Waals surface area (Å²) in [5.41, 5.74) is -0.0850. The molecule has 3 saturated heterocycles. The number of aliphatic hydroxyl groups is 9. The summed E-state index contributed by atoms with van der Waals surface area (Å²) in [4.78, 5) is 12.0. The molecule has 0 aromatic heterocycles. The van der Waals surface area contributed by atoms with Gasteiger partial charge in [0.2, 0.25) is 0 Å². The van der Waals surface area contributed by atoms with Gasteiger partial charge in [-0.2, -0.15) is 0 Å². The minimum absolute atomic E-state index is 0.00760. The molecule has 0 aromatic rings. The van der Waals surface area contributed by atoms with E-state index in [1.54, 1.807) is 13.0 Å². The number of cyclic esters (lactones) is 1. The lowest BCUT2D eigenvalue weighted by molar-refractivity contribution is -0.367. The predicted octanol–water partition coefficient (Wildman–Crippen LogP) is -1.24. The molecule has 23 atom stereocenters. The van der Waals surface area contributed by atoms with E-state index < -0.39 is 111 Å². The Balaban J connectivity index is 0.875. The Labute approximate surface area is 349 Å². The quantitative estimate of drug-likeness (QED) is 0.0918. The highest BCUT2D eigenvalue weighted by atomic mass is 16.8. The van der Waals surface area contributed by atoms with Crippen LogP contribution in [0.5, 0.6) is 0 Å². The number of hydrogen-bond donors (Lipinski definition) is 9. The van der Waals surface area contributed by atoms with Crippen molar-refractivity contribution in [3.63, 3.8) is 0 Å². The van der Waals surface area contributed by atoms with E-state index in [1.807, 2.05) is 0 Å². The molecule has 0 aromatic carbocycles. The van der Waals surface area contributed by atoms with Gasteiger partial charge in [-0.1, -0.05) is 13.8 Å². The lowest BCUT2D eigenvalue weighted by Gasteiger charge is -2.64. The summed E-state index contributed by atoms with van der Waals surface area (Å²) in [7, 11) is 1.39. The Bertz CT molecular complexity index is 1570. The summed E-state index contributed by atoms with van der Waals surface area (Å²) < 4.78 is 46.6. The van der Waals surface area contributed by atoms with Crippen LogP contribution in [0.3, 0.4) is 0 Å². The van der Waals surface area contributed by atoms with Crippen molar-refractivity contribution >= 4 is 5.97 Å². The largest absolute Gasteiger partial charge is 0.458 e. The number of rotatable bonds is 10. The normalized spacial score (nSPS) is 54.4. The van der Waals surface area contributed by atoms with Crippen molar-refractivity contribution in [3.05, 3.63) is 11.6 Å². The molecule has 0 amide bonds. The first-order valence-electron chi connectivity index (χ1n) is 21.8. The van der Waals surface area contributed by atoms with E-state index >= 15 is 0 Å². The molecule has 4 saturated carbocycles. The fourth-order valence-electron chi connectivity index (χ4n) is 13.0. The van der Waals surface area contributed by atoms with E-state index in [0.717, 1.165) is 63.4 Å². The molecule has 7 fully saturated rings. The molecule has 4 heterocycles. The molecule has 0 spiro atoms. The van der Waals surface area contributed by atoms with Crippen LogP contribution >= 0.6 is 0 Å². The monoisotopic (exact) mass is 858 g/mol. The van der Waals surface area contributed by atoms with Gasteiger partial charge < -0.3 is 83.9 Å². The molecule has 4 aliphatic heterocycles. The van der Waals surface area contributed by atoms with Crippen LogP contribution in [0.4, 0.5) is 0 Å². The number of hydrogen-bond acceptors (Lipinski definition) is 18. The molecule has 0 radical (unpaired) electrons. The van der Waals surface area contributed by atoms with Crippen molar-refractivity contribution < 1.29 is 88.6 Å². The van der Waals surface area contributed by atoms with E-state index in [1.165, 1.54) is 7.11 Å². The average Bonchev–Trinajstić information content (AvgIpc) is 3.78. The number of methoxy groups -OCH3 is 1. The van der Waals surface area contributed by atoms with E-state index in [2.05, 4.69) is 13.8 Å². The third-order valence-electron chi connectivity index (χ3n) is 16.5. The molecule has 8 aliphatic rings. The first kappa shape index (κ1) is 45.1. The second kappa shape index (κ2) is 17.2. The van der Waals surface area contributed by atoms with Crippen LogP contribution in [0.1, 0.15) is 78.6 Å². The van der Waals surface area contributed by atoms with Gasteiger partial charge in [0.1, 0.15) is 73.8 Å². The minimum Gasteiger partial charge on any atom is -0.458 e. The van der Waals surface area contributed by atoms with Gasteiger partial charge in [-0.15, -0.1) is 0 Å². The Morgan fingerprint density at radius 1 is 0.733 bits per heavy atom. The van der Waals surface area contributed by atoms with Crippen molar-refractivity contribution in [2.24, 2.45) is 34.5 Å². The molecule has 9 N–H and O–H groups in total. The zero-order chi connectivity index (χ0) is 43.1. The van der Waals surface area contributed by atoms with E-state index in [-0.39, 0.29) is 34.7 Å². The maximum Gasteiger partial charge on any atom is 0.331 e. The predicted molar refractivity (Wildman–Crippen MR) is 203 cm³/mol. The van der Waals surface area contributed by atoms with E-state index in [9.17, 15) is 50.8 Å². The summed E-state index contributed by atoms with van der Waals surface area (Å²) in [6, 6.07) is 0. The zero-order valence-corrected chi connectivity index (χ0v) is 34.8. The third kappa shape index (κ3) is 7.50. The third-order valence-corrected chi connectivity index (χ3v) is 16.5. The van der Waals surface area contributed by atoms with Crippen molar-refractivity contribution in [2.75, 3.05) is 26.9 Å². The average molecular weight is 859 g/mol. The van der Waals surface area contributed by atoms with Crippen LogP contribution in [0.25, 0.3) is 0 Å². The van der Waals surface area contributed by atoms with Gasteiger partial charge in [-0.05, 0) is 99.4 Å². The Morgan fingerprint density at radius 2 is 1.42 bits per heavy atom. The Kier molecular flexibility index (Phi) is 12.9. The number of carbonyl (C=O) groups is 1. The lowest BCUT2D eigenvalue weighted by atomic mass is 9.43. The molecule has 0 bridgehead atoms. The van der Waals surface area contributed by atoms with Gasteiger partial charge in [-0.25, -0.2) is 4.79 Å². The first-order valence-corrected chi connectivity index (χ1v) is 21.8. The van der Waals surface area contributed by atoms with Crippen LogP contribution in [-0.2, 0) is 42.7 Å². The van der Waals surface area contributed by atoms with Crippen LogP contribution in [-0.4, -0.2) is 183 Å². The Morgan fingerprint density at radius 3 is 2.10 bits per heavy atom. The van der Waals surface area contributed by atoms with Crippen molar-refractivity contribution in [2.45, 2.75) is 182 Å². The number of aliphatic hydroxyl groups excluding tert-OH is 8. The van der Waals surface area contributed by atoms with Gasteiger partial charge in [0, 0.05) is 18.6 Å². The highest BCUT2D eigenvalue weighted by molar-refractivity contribution is 5.85. The minimum atomic E-state index is -1.77. The summed E-state index contributed by atoms with van der Waals surface area (Å²) in [6.45, 7) is 5.42. The van der Waals surface area contributed by atoms with Crippen LogP contribution in [0.2, 0.25) is 0 Å². The number of carbonyl (C=O) groups excluding carboxylic acids is 1. The maximum absolute atomic E-state index is 12.6. The van der Waals surface area contributed by atoms with Crippen LogP contribution < -0.4 is 0 Å². The van der Waals surface area contributed by atoms with Crippen molar-refractivity contribution in [1.82, 2.24) is 0 Å². The van der Waals surface area contributed by atoms with E-state index in [4.69, 9.17) is 37.9 Å². The lowest BCUT2D eigenvalue weighted by Crippen LogP contribution is -2.65. The fourth-order valence-corrected chi connectivity index (χ4v) is 13.0. The van der Waals surface area contributed by atoms with Crippen molar-refractivity contribution in [1.29, 1.82) is 0 Å². The molecule has 342 valence electrons. The van der Waals surface area contributed by atoms with E-state index in [0.29, 0.717) is 18.4 Å². The fraction of sp³-hybridized carbons (Fsp3) is 0.929. The second-order valence-electron chi connectivity index (χ2n) is 19.4. The number of fused-ring (bicyclic) bond motifs is 5. The highest BCUT2D eigenvalue weighted by Crippen LogP contribution is 2.70. The molecule has 60 heavy (non-hydrogen) atoms. The summed E-state index contributed by atoms with van der Waals surface area (Å²) in [6.07, 6.45) is -11.9. The SMILES string of the molecule is CO[C@H]1C(O)[C@H](O[C@H]2CC[C@@]3(C)[C@H](CC[C@@H]4[C@@H]3CC[C@]3(C)[C@@H](C5=CC(=O)OC5)CC[C@]43O)C2)O[C@@H](C)[C@@H]1O[C@@H]1O[C@H](CO[C@@H]2O[C@H](CO)[C@@H](O)[C@H](O)[C@H]2O)[C@@H](O)[C@H](O)[C@H]1O. The standard InChI is InChI=1S/C42H66O18/c1-18-35(60-38-33(50)31(48)29(46)26(59-38)17-55-37-32(49)30(47)28(45)25(15-43)58-37)36(53-4)34(51)39(56-18)57-21-7-10-40(2)20(14-21)5-6-24-23(40)8-11-41(3)22(9-12-42(24,41)52)19-13-27(44)54-16-19/h13,18,20-26,28-39,43,45-52H,5-12,14-17H2,1-4H3/t18-,20+,21-,22+,23-,24+,25+,26+,28+,29+,30-,31-,32+,33+,34?,35-,36-,37+,38-,39-,40-,41+,42-/m0/s1. The molecule has 4 aliphatic carbocycles. The van der Waals surface area contributed by atoms with Crippen LogP contribution in [0.15, 0.2) is 11.6 Å². The van der Waals surface area contributed by atoms with Gasteiger partial charge >= 0.3 is 5.97 Å². The van der Waals surface area contributed by atoms with Gasteiger partial charge in [0.15, 0.2) is 18.9 Å². The van der Waals surface area contributed by atoms with Gasteiger partial charge in [0.25, 0.3) is 0 Å². The number of ether oxygens (including phenoxy) is 8. The molecule has 18 heteroatoms. The summed E-state index contributed by atoms with van der Waals surface area (Å²) in [5, 5.41) is 96.6. The summed E-state index contributed by atoms with van der Waals surface area (Å²) >= 11 is 0. The smallest absolute Gasteiger partial charge is 0.331 e. The topological polar surface area (TPSA) is 273 Å². The van der Waals surface area contributed by atoms with Crippen molar-refractivity contribution in [3.8, 4) is 0 Å². The second-order valence-corrected chi connectivity index (χ2v) is 19.4. The first-order chi connectivity index (χ1) is 28.4. The molecule has 1 unspecified atom stereocenters. The number of esters is 1. The molecular weight excluding hydrogens is 792 g/mol.